The van der Waals surface area contributed by atoms with Crippen molar-refractivity contribution in [3.8, 4) is 0 Å². The van der Waals surface area contributed by atoms with Crippen molar-refractivity contribution in [2.75, 3.05) is 6.54 Å². The number of nitrogens with one attached hydrogen (secondary N) is 1. The van der Waals surface area contributed by atoms with Gasteiger partial charge in [0.2, 0.25) is 5.91 Å². The van der Waals surface area contributed by atoms with E-state index in [1.807, 2.05) is 27.7 Å². The van der Waals surface area contributed by atoms with Crippen LogP contribution in [-0.4, -0.2) is 30.1 Å². The fraction of sp³-hybridized carbons (Fsp3) is 0.867. The molecule has 118 valence electrons. The van der Waals surface area contributed by atoms with E-state index in [9.17, 15) is 9.59 Å². The maximum absolute atomic E-state index is 11.8. The molecule has 0 radical (unpaired) electrons. The summed E-state index contributed by atoms with van der Waals surface area (Å²) in [6, 6.07) is 0.0329. The summed E-state index contributed by atoms with van der Waals surface area (Å²) in [6.45, 7) is 10.3. The van der Waals surface area contributed by atoms with Gasteiger partial charge in [-0.2, -0.15) is 0 Å². The minimum absolute atomic E-state index is 0.0329. The van der Waals surface area contributed by atoms with Crippen molar-refractivity contribution in [3.05, 3.63) is 0 Å². The zero-order valence-electron chi connectivity index (χ0n) is 13.5. The molecule has 0 saturated carbocycles. The Balaban J connectivity index is 4.22. The second kappa shape index (κ2) is 8.95. The molecule has 0 rings (SSSR count). The van der Waals surface area contributed by atoms with Gasteiger partial charge in [0.1, 0.15) is 5.60 Å². The minimum Gasteiger partial charge on any atom is -0.460 e. The zero-order valence-corrected chi connectivity index (χ0v) is 13.5. The molecule has 0 spiro atoms. The van der Waals surface area contributed by atoms with Gasteiger partial charge < -0.3 is 15.8 Å². The van der Waals surface area contributed by atoms with E-state index in [1.54, 1.807) is 0 Å². The number of amides is 1. The van der Waals surface area contributed by atoms with Gasteiger partial charge in [-0.3, -0.25) is 9.59 Å². The first-order valence-electron chi connectivity index (χ1n) is 7.37. The molecule has 2 unspecified atom stereocenters. The summed E-state index contributed by atoms with van der Waals surface area (Å²) in [5.41, 5.74) is 4.71. The summed E-state index contributed by atoms with van der Waals surface area (Å²) < 4.78 is 5.35. The van der Waals surface area contributed by atoms with E-state index in [1.165, 1.54) is 0 Å². The van der Waals surface area contributed by atoms with Gasteiger partial charge in [-0.1, -0.05) is 13.3 Å². The molecule has 3 N–H and O–H groups in total. The lowest BCUT2D eigenvalue weighted by molar-refractivity contribution is -0.156. The van der Waals surface area contributed by atoms with Gasteiger partial charge in [-0.25, -0.2) is 0 Å². The van der Waals surface area contributed by atoms with Crippen LogP contribution in [0.25, 0.3) is 0 Å². The Hall–Kier alpha value is -1.10. The van der Waals surface area contributed by atoms with E-state index >= 15 is 0 Å². The van der Waals surface area contributed by atoms with Gasteiger partial charge in [0.15, 0.2) is 0 Å². The molecule has 5 nitrogen and oxygen atoms in total. The van der Waals surface area contributed by atoms with Crippen LogP contribution in [0.5, 0.6) is 0 Å². The van der Waals surface area contributed by atoms with Crippen LogP contribution in [0.15, 0.2) is 0 Å². The van der Waals surface area contributed by atoms with E-state index < -0.39 is 5.60 Å². The standard InChI is InChI=1S/C15H30N2O3/c1-6-7-12(9-14(19)20-15(3,4)5)10-17-11(2)8-13(16)18/h11-12,17H,6-10H2,1-5H3,(H2,16,18). The lowest BCUT2D eigenvalue weighted by Crippen LogP contribution is -2.35. The number of rotatable bonds is 9. The molecule has 5 heteroatoms. The quantitative estimate of drug-likeness (QED) is 0.635. The van der Waals surface area contributed by atoms with Crippen LogP contribution in [0.4, 0.5) is 0 Å². The van der Waals surface area contributed by atoms with Crippen molar-refractivity contribution in [2.24, 2.45) is 11.7 Å². The molecular weight excluding hydrogens is 256 g/mol. The molecule has 0 heterocycles. The molecule has 20 heavy (non-hydrogen) atoms. The normalized spacial score (nSPS) is 14.7. The zero-order chi connectivity index (χ0) is 15.8. The van der Waals surface area contributed by atoms with Crippen molar-refractivity contribution in [3.63, 3.8) is 0 Å². The Morgan fingerprint density at radius 3 is 2.30 bits per heavy atom. The lowest BCUT2D eigenvalue weighted by Gasteiger charge is -2.23. The highest BCUT2D eigenvalue weighted by Crippen LogP contribution is 2.15. The van der Waals surface area contributed by atoms with Crippen molar-refractivity contribution < 1.29 is 14.3 Å². The van der Waals surface area contributed by atoms with E-state index in [0.29, 0.717) is 19.4 Å². The topological polar surface area (TPSA) is 81.4 Å². The number of ether oxygens (including phenoxy) is 1. The van der Waals surface area contributed by atoms with Crippen LogP contribution < -0.4 is 11.1 Å². The number of nitrogens with two attached hydrogens (primary N) is 1. The predicted molar refractivity (Wildman–Crippen MR) is 80.1 cm³/mol. The molecule has 0 aromatic heterocycles. The number of carbonyl (C=O) groups is 2. The molecule has 0 aromatic carbocycles. The highest BCUT2D eigenvalue weighted by atomic mass is 16.6. The summed E-state index contributed by atoms with van der Waals surface area (Å²) in [4.78, 5) is 22.7. The van der Waals surface area contributed by atoms with Gasteiger partial charge in [0.05, 0.1) is 0 Å². The highest BCUT2D eigenvalue weighted by Gasteiger charge is 2.20. The third-order valence-electron chi connectivity index (χ3n) is 2.83. The molecular formula is C15H30N2O3. The molecule has 1 amide bonds. The monoisotopic (exact) mass is 286 g/mol. The highest BCUT2D eigenvalue weighted by molar-refractivity contribution is 5.74. The second-order valence-electron chi connectivity index (χ2n) is 6.43. The lowest BCUT2D eigenvalue weighted by atomic mass is 9.99. The van der Waals surface area contributed by atoms with E-state index in [0.717, 1.165) is 12.8 Å². The molecule has 0 bridgehead atoms. The van der Waals surface area contributed by atoms with E-state index in [4.69, 9.17) is 10.5 Å². The van der Waals surface area contributed by atoms with Crippen LogP contribution in [0.3, 0.4) is 0 Å². The van der Waals surface area contributed by atoms with Crippen molar-refractivity contribution in [2.45, 2.75) is 71.9 Å². The Labute approximate surface area is 122 Å². The Morgan fingerprint density at radius 2 is 1.85 bits per heavy atom. The third-order valence-corrected chi connectivity index (χ3v) is 2.83. The fourth-order valence-electron chi connectivity index (χ4n) is 2.05. The first kappa shape index (κ1) is 18.9. The number of esters is 1. The van der Waals surface area contributed by atoms with Crippen molar-refractivity contribution in [1.82, 2.24) is 5.32 Å². The van der Waals surface area contributed by atoms with E-state index in [-0.39, 0.29) is 23.8 Å². The average Bonchev–Trinajstić information content (AvgIpc) is 2.22. The Morgan fingerprint density at radius 1 is 1.25 bits per heavy atom. The molecule has 0 aliphatic heterocycles. The molecule has 0 aliphatic rings. The van der Waals surface area contributed by atoms with Gasteiger partial charge >= 0.3 is 5.97 Å². The Bertz CT molecular complexity index is 311. The molecule has 2 atom stereocenters. The maximum Gasteiger partial charge on any atom is 0.306 e. The first-order chi connectivity index (χ1) is 9.14. The Kier molecular flexibility index (Phi) is 8.46. The second-order valence-corrected chi connectivity index (χ2v) is 6.43. The van der Waals surface area contributed by atoms with Crippen LogP contribution >= 0.6 is 0 Å². The fourth-order valence-corrected chi connectivity index (χ4v) is 2.05. The smallest absolute Gasteiger partial charge is 0.306 e. The summed E-state index contributed by atoms with van der Waals surface area (Å²) in [5.74, 6) is -0.255. The number of carbonyl (C=O) groups excluding carboxylic acids is 2. The molecule has 0 saturated heterocycles. The van der Waals surface area contributed by atoms with Gasteiger partial charge in [0, 0.05) is 18.9 Å². The molecule has 0 aromatic rings. The first-order valence-corrected chi connectivity index (χ1v) is 7.37. The molecule has 0 aliphatic carbocycles. The largest absolute Gasteiger partial charge is 0.460 e. The minimum atomic E-state index is -0.444. The number of hydrogen-bond acceptors (Lipinski definition) is 4. The maximum atomic E-state index is 11.8. The van der Waals surface area contributed by atoms with E-state index in [2.05, 4.69) is 12.2 Å². The summed E-state index contributed by atoms with van der Waals surface area (Å²) in [7, 11) is 0. The predicted octanol–water partition coefficient (Wildman–Crippen LogP) is 1.99. The van der Waals surface area contributed by atoms with Gasteiger partial charge in [-0.05, 0) is 46.6 Å². The summed E-state index contributed by atoms with van der Waals surface area (Å²) in [6.07, 6.45) is 2.68. The van der Waals surface area contributed by atoms with Crippen molar-refractivity contribution >= 4 is 11.9 Å². The van der Waals surface area contributed by atoms with Crippen LogP contribution in [0, 0.1) is 5.92 Å². The molecule has 0 fully saturated rings. The summed E-state index contributed by atoms with van der Waals surface area (Å²) in [5, 5.41) is 3.26. The SMILES string of the molecule is CCCC(CNC(C)CC(N)=O)CC(=O)OC(C)(C)C. The number of primary amides is 1. The summed E-state index contributed by atoms with van der Waals surface area (Å²) >= 11 is 0. The van der Waals surface area contributed by atoms with Crippen LogP contribution in [0.2, 0.25) is 0 Å². The van der Waals surface area contributed by atoms with Gasteiger partial charge in [-0.15, -0.1) is 0 Å². The average molecular weight is 286 g/mol. The van der Waals surface area contributed by atoms with Crippen molar-refractivity contribution in [1.29, 1.82) is 0 Å². The number of hydrogen-bond donors (Lipinski definition) is 2. The van der Waals surface area contributed by atoms with Crippen LogP contribution in [-0.2, 0) is 14.3 Å². The van der Waals surface area contributed by atoms with Gasteiger partial charge in [0.25, 0.3) is 0 Å². The van der Waals surface area contributed by atoms with Crippen LogP contribution in [0.1, 0.15) is 60.3 Å². The third kappa shape index (κ3) is 10.8.